The third-order valence-corrected chi connectivity index (χ3v) is 6.77. The molecule has 0 spiro atoms. The first-order chi connectivity index (χ1) is 15.8. The summed E-state index contributed by atoms with van der Waals surface area (Å²) in [4.78, 5) is 6.53. The van der Waals surface area contributed by atoms with Crippen LogP contribution in [0, 0.1) is 23.4 Å². The van der Waals surface area contributed by atoms with Gasteiger partial charge >= 0.3 is 0 Å². The number of aromatic nitrogens is 2. The van der Waals surface area contributed by atoms with Crippen molar-refractivity contribution in [1.29, 1.82) is 0 Å². The van der Waals surface area contributed by atoms with Gasteiger partial charge in [-0.25, -0.2) is 36.3 Å². The third-order valence-electron chi connectivity index (χ3n) is 5.43. The number of ether oxygens (including phenoxy) is 1. The van der Waals surface area contributed by atoms with Crippen molar-refractivity contribution in [2.75, 3.05) is 24.4 Å². The fraction of sp³-hybridized carbons (Fsp3) is 0.273. The van der Waals surface area contributed by atoms with Crippen LogP contribution < -0.4 is 14.8 Å². The van der Waals surface area contributed by atoms with Gasteiger partial charge in [-0.3, -0.25) is 0 Å². The van der Waals surface area contributed by atoms with E-state index in [4.69, 9.17) is 4.74 Å². The van der Waals surface area contributed by atoms with Crippen LogP contribution in [0.2, 0.25) is 0 Å². The summed E-state index contributed by atoms with van der Waals surface area (Å²) in [5.41, 5.74) is 0.939. The molecule has 0 saturated carbocycles. The first-order valence-corrected chi connectivity index (χ1v) is 11.7. The average Bonchev–Trinajstić information content (AvgIpc) is 2.80. The first-order valence-electron chi connectivity index (χ1n) is 10.2. The molecule has 0 unspecified atom stereocenters. The Kier molecular flexibility index (Phi) is 6.80. The summed E-state index contributed by atoms with van der Waals surface area (Å²) in [6.45, 7) is 1.42. The van der Waals surface area contributed by atoms with Crippen LogP contribution in [-0.2, 0) is 10.0 Å². The number of hydrogen-bond donors (Lipinski definition) is 2. The topological polar surface area (TPSA) is 93.2 Å². The molecule has 1 aliphatic heterocycles. The van der Waals surface area contributed by atoms with E-state index in [1.54, 1.807) is 12.1 Å². The highest BCUT2D eigenvalue weighted by Gasteiger charge is 2.28. The molecule has 4 rings (SSSR count). The van der Waals surface area contributed by atoms with Crippen LogP contribution in [0.25, 0.3) is 0 Å². The van der Waals surface area contributed by atoms with Gasteiger partial charge in [-0.05, 0) is 42.6 Å². The maximum atomic E-state index is 14.6. The first kappa shape index (κ1) is 23.0. The van der Waals surface area contributed by atoms with E-state index >= 15 is 0 Å². The average molecular weight is 478 g/mol. The molecule has 11 heteroatoms. The number of nitrogens with one attached hydrogen (secondary N) is 2. The van der Waals surface area contributed by atoms with Crippen LogP contribution in [0.3, 0.4) is 0 Å². The maximum Gasteiger partial charge on any atom is 0.267 e. The Morgan fingerprint density at radius 3 is 2.52 bits per heavy atom. The van der Waals surface area contributed by atoms with Crippen LogP contribution in [0.15, 0.2) is 59.8 Å². The molecule has 1 aliphatic rings. The van der Waals surface area contributed by atoms with Crippen molar-refractivity contribution in [3.05, 3.63) is 77.9 Å². The zero-order valence-electron chi connectivity index (χ0n) is 17.3. The van der Waals surface area contributed by atoms with E-state index in [1.807, 2.05) is 4.72 Å². The van der Waals surface area contributed by atoms with Crippen molar-refractivity contribution in [2.24, 2.45) is 5.92 Å². The highest BCUT2D eigenvalue weighted by Crippen LogP contribution is 2.32. The lowest BCUT2D eigenvalue weighted by Crippen LogP contribution is -2.38. The van der Waals surface area contributed by atoms with E-state index in [-0.39, 0.29) is 30.2 Å². The molecule has 7 nitrogen and oxygen atoms in total. The Bertz CT molecular complexity index is 1210. The van der Waals surface area contributed by atoms with Gasteiger partial charge in [0.15, 0.2) is 11.6 Å². The van der Waals surface area contributed by atoms with Crippen molar-refractivity contribution in [2.45, 2.75) is 17.2 Å². The molecule has 2 atom stereocenters. The number of anilines is 1. The normalized spacial score (nSPS) is 18.6. The molecule has 1 saturated heterocycles. The number of halogens is 3. The van der Waals surface area contributed by atoms with Gasteiger partial charge in [-0.15, -0.1) is 0 Å². The Morgan fingerprint density at radius 1 is 1.06 bits per heavy atom. The zero-order valence-corrected chi connectivity index (χ0v) is 18.2. The second kappa shape index (κ2) is 9.75. The number of sulfonamides is 1. The molecule has 0 radical (unpaired) electrons. The van der Waals surface area contributed by atoms with Gasteiger partial charge in [-0.1, -0.05) is 12.1 Å². The third kappa shape index (κ3) is 5.42. The molecule has 3 aromatic rings. The SMILES string of the molecule is O=S(=O)(Nc1ncccn1)c1cc(F)c(OC[C@@H]2CNCC[C@H]2c2ccc(F)cc2)cc1F. The summed E-state index contributed by atoms with van der Waals surface area (Å²) in [6, 6.07) is 8.94. The molecule has 2 N–H and O–H groups in total. The van der Waals surface area contributed by atoms with Gasteiger partial charge in [-0.2, -0.15) is 0 Å². The molecule has 1 aromatic heterocycles. The van der Waals surface area contributed by atoms with E-state index < -0.39 is 32.3 Å². The Morgan fingerprint density at radius 2 is 1.79 bits per heavy atom. The van der Waals surface area contributed by atoms with Crippen molar-refractivity contribution < 1.29 is 26.3 Å². The Labute approximate surface area is 189 Å². The number of piperidine rings is 1. The summed E-state index contributed by atoms with van der Waals surface area (Å²) in [5.74, 6) is -3.22. The summed E-state index contributed by atoms with van der Waals surface area (Å²) >= 11 is 0. The minimum absolute atomic E-state index is 0.0504. The number of hydrogen-bond acceptors (Lipinski definition) is 6. The van der Waals surface area contributed by atoms with Crippen LogP contribution in [0.1, 0.15) is 17.9 Å². The molecular formula is C22H21F3N4O3S. The van der Waals surface area contributed by atoms with Gasteiger partial charge in [0.2, 0.25) is 5.95 Å². The second-order valence-corrected chi connectivity index (χ2v) is 9.26. The quantitative estimate of drug-likeness (QED) is 0.540. The minimum atomic E-state index is -4.45. The van der Waals surface area contributed by atoms with E-state index in [1.165, 1.54) is 30.6 Å². The fourth-order valence-corrected chi connectivity index (χ4v) is 4.83. The monoisotopic (exact) mass is 478 g/mol. The van der Waals surface area contributed by atoms with E-state index in [2.05, 4.69) is 15.3 Å². The molecule has 2 heterocycles. The van der Waals surface area contributed by atoms with Gasteiger partial charge in [0, 0.05) is 37.0 Å². The van der Waals surface area contributed by atoms with Crippen LogP contribution >= 0.6 is 0 Å². The van der Waals surface area contributed by atoms with Gasteiger partial charge in [0.05, 0.1) is 6.61 Å². The lowest BCUT2D eigenvalue weighted by Gasteiger charge is -2.32. The van der Waals surface area contributed by atoms with Gasteiger partial charge in [0.25, 0.3) is 10.0 Å². The van der Waals surface area contributed by atoms with Crippen molar-refractivity contribution in [3.8, 4) is 5.75 Å². The number of rotatable bonds is 7. The van der Waals surface area contributed by atoms with Gasteiger partial charge < -0.3 is 10.1 Å². The Balaban J connectivity index is 1.49. The predicted molar refractivity (Wildman–Crippen MR) is 115 cm³/mol. The van der Waals surface area contributed by atoms with Crippen molar-refractivity contribution in [1.82, 2.24) is 15.3 Å². The number of nitrogens with zero attached hydrogens (tertiary/aromatic N) is 2. The highest BCUT2D eigenvalue weighted by atomic mass is 32.2. The zero-order chi connectivity index (χ0) is 23.4. The fourth-order valence-electron chi connectivity index (χ4n) is 3.80. The van der Waals surface area contributed by atoms with Crippen molar-refractivity contribution >= 4 is 16.0 Å². The summed E-state index contributed by atoms with van der Waals surface area (Å²) in [6.07, 6.45) is 3.39. The minimum Gasteiger partial charge on any atom is -0.490 e. The molecule has 33 heavy (non-hydrogen) atoms. The summed E-state index contributed by atoms with van der Waals surface area (Å²) < 4.78 is 75.0. The standard InChI is InChI=1S/C22H21F3N4O3S/c23-16-4-2-14(3-5-16)17-6-9-26-12-15(17)13-32-20-10-19(25)21(11-18(20)24)33(30,31)29-22-27-7-1-8-28-22/h1-5,7-8,10-11,15,17,26H,6,9,12-13H2,(H,27,28,29)/t15-,17-/m0/s1. The highest BCUT2D eigenvalue weighted by molar-refractivity contribution is 7.92. The lowest BCUT2D eigenvalue weighted by molar-refractivity contribution is 0.190. The molecule has 1 fully saturated rings. The van der Waals surface area contributed by atoms with E-state index in [0.29, 0.717) is 18.7 Å². The summed E-state index contributed by atoms with van der Waals surface area (Å²) in [5, 5.41) is 3.24. The molecule has 0 bridgehead atoms. The summed E-state index contributed by atoms with van der Waals surface area (Å²) in [7, 11) is -4.45. The van der Waals surface area contributed by atoms with Crippen LogP contribution in [0.4, 0.5) is 19.1 Å². The second-order valence-electron chi connectivity index (χ2n) is 7.61. The molecule has 0 aliphatic carbocycles. The number of benzene rings is 2. The molecular weight excluding hydrogens is 457 g/mol. The molecule has 2 aromatic carbocycles. The predicted octanol–water partition coefficient (Wildman–Crippen LogP) is 3.47. The lowest BCUT2D eigenvalue weighted by atomic mass is 9.81. The van der Waals surface area contributed by atoms with Crippen molar-refractivity contribution in [3.63, 3.8) is 0 Å². The van der Waals surface area contributed by atoms with Crippen LogP contribution in [-0.4, -0.2) is 38.1 Å². The Hall–Kier alpha value is -3.18. The van der Waals surface area contributed by atoms with E-state index in [0.717, 1.165) is 18.5 Å². The molecule has 0 amide bonds. The van der Waals surface area contributed by atoms with E-state index in [9.17, 15) is 21.6 Å². The largest absolute Gasteiger partial charge is 0.490 e. The maximum absolute atomic E-state index is 14.6. The smallest absolute Gasteiger partial charge is 0.267 e. The van der Waals surface area contributed by atoms with Crippen LogP contribution in [0.5, 0.6) is 5.75 Å². The molecule has 174 valence electrons. The van der Waals surface area contributed by atoms with Gasteiger partial charge in [0.1, 0.15) is 16.5 Å².